The van der Waals surface area contributed by atoms with E-state index < -0.39 is 12.6 Å². The number of hydrogen-bond donors (Lipinski definition) is 3. The van der Waals surface area contributed by atoms with Crippen molar-refractivity contribution in [2.24, 2.45) is 4.99 Å². The average Bonchev–Trinajstić information content (AvgIpc) is 2.47. The molecule has 0 saturated carbocycles. The van der Waals surface area contributed by atoms with Gasteiger partial charge in [0, 0.05) is 19.2 Å². The van der Waals surface area contributed by atoms with E-state index in [9.17, 15) is 18.3 Å². The Morgan fingerprint density at radius 1 is 1.29 bits per heavy atom. The molecule has 0 aliphatic rings. The lowest BCUT2D eigenvalue weighted by Gasteiger charge is -2.12. The lowest BCUT2D eigenvalue weighted by molar-refractivity contribution is -0.132. The van der Waals surface area contributed by atoms with Gasteiger partial charge in [-0.15, -0.1) is 24.0 Å². The highest BCUT2D eigenvalue weighted by atomic mass is 127. The first-order valence-corrected chi connectivity index (χ1v) is 7.30. The van der Waals surface area contributed by atoms with Gasteiger partial charge in [-0.25, -0.2) is 0 Å². The molecule has 0 heterocycles. The smallest absolute Gasteiger partial charge is 0.390 e. The summed E-state index contributed by atoms with van der Waals surface area (Å²) in [5, 5.41) is 15.7. The van der Waals surface area contributed by atoms with Crippen molar-refractivity contribution >= 4 is 29.9 Å². The number of nitrogens with one attached hydrogen (secondary N) is 2. The summed E-state index contributed by atoms with van der Waals surface area (Å²) in [6.07, 6.45) is -4.67. The normalized spacial score (nSPS) is 11.6. The number of guanidine groups is 1. The summed E-state index contributed by atoms with van der Waals surface area (Å²) < 4.78 is 41.4. The largest absolute Gasteiger partial charge is 0.508 e. The minimum Gasteiger partial charge on any atom is -0.508 e. The Kier molecular flexibility index (Phi) is 10.6. The van der Waals surface area contributed by atoms with E-state index in [1.165, 1.54) is 13.2 Å². The molecule has 0 atom stereocenters. The molecule has 0 aliphatic carbocycles. The highest BCUT2D eigenvalue weighted by Gasteiger charge is 2.26. The Bertz CT molecular complexity index is 525. The summed E-state index contributed by atoms with van der Waals surface area (Å²) in [5.41, 5.74) is 0.712. The fourth-order valence-electron chi connectivity index (χ4n) is 1.83. The maximum atomic E-state index is 12.1. The minimum atomic E-state index is -4.21. The van der Waals surface area contributed by atoms with Crippen molar-refractivity contribution in [1.82, 2.24) is 10.6 Å². The van der Waals surface area contributed by atoms with Crippen LogP contribution in [0.2, 0.25) is 0 Å². The highest BCUT2D eigenvalue weighted by Crippen LogP contribution is 2.23. The van der Waals surface area contributed by atoms with Crippen LogP contribution in [-0.2, 0) is 6.42 Å². The standard InChI is InChI=1S/C15H22F3N3O2.HI/c1-3-19-14(21-9-7-15(16,17)18)20-8-6-11-4-5-12(23-2)10-13(11)22;/h4-5,10,22H,3,6-9H2,1-2H3,(H2,19,20,21);1H. The van der Waals surface area contributed by atoms with E-state index in [1.807, 2.05) is 6.92 Å². The zero-order chi connectivity index (χ0) is 17.3. The molecular formula is C15H23F3IN3O2. The van der Waals surface area contributed by atoms with Crippen LogP contribution in [0.5, 0.6) is 11.5 Å². The third kappa shape index (κ3) is 9.04. The fraction of sp³-hybridized carbons (Fsp3) is 0.533. The van der Waals surface area contributed by atoms with Crippen molar-refractivity contribution in [1.29, 1.82) is 0 Å². The highest BCUT2D eigenvalue weighted by molar-refractivity contribution is 14.0. The zero-order valence-electron chi connectivity index (χ0n) is 13.6. The van der Waals surface area contributed by atoms with E-state index in [1.54, 1.807) is 12.1 Å². The van der Waals surface area contributed by atoms with Gasteiger partial charge in [0.2, 0.25) is 0 Å². The van der Waals surface area contributed by atoms with Gasteiger partial charge in [-0.3, -0.25) is 4.99 Å². The van der Waals surface area contributed by atoms with E-state index in [4.69, 9.17) is 4.74 Å². The van der Waals surface area contributed by atoms with Gasteiger partial charge in [-0.05, 0) is 25.0 Å². The zero-order valence-corrected chi connectivity index (χ0v) is 15.9. The van der Waals surface area contributed by atoms with Crippen LogP contribution in [0, 0.1) is 0 Å². The molecule has 0 fully saturated rings. The molecule has 0 aromatic heterocycles. The van der Waals surface area contributed by atoms with Crippen molar-refractivity contribution in [2.75, 3.05) is 26.7 Å². The van der Waals surface area contributed by atoms with Crippen LogP contribution in [-0.4, -0.2) is 44.0 Å². The Labute approximate surface area is 156 Å². The quantitative estimate of drug-likeness (QED) is 0.332. The number of rotatable bonds is 7. The fourth-order valence-corrected chi connectivity index (χ4v) is 1.83. The van der Waals surface area contributed by atoms with Crippen LogP contribution >= 0.6 is 24.0 Å². The van der Waals surface area contributed by atoms with Gasteiger partial charge in [0.25, 0.3) is 0 Å². The molecule has 0 unspecified atom stereocenters. The SMILES string of the molecule is CCNC(=NCCC(F)(F)F)NCCc1ccc(OC)cc1O.I. The summed E-state index contributed by atoms with van der Waals surface area (Å²) >= 11 is 0. The third-order valence-corrected chi connectivity index (χ3v) is 2.99. The molecule has 24 heavy (non-hydrogen) atoms. The second-order valence-corrected chi connectivity index (χ2v) is 4.80. The number of phenolic OH excluding ortho intramolecular Hbond substituents is 1. The molecule has 0 spiro atoms. The maximum absolute atomic E-state index is 12.1. The van der Waals surface area contributed by atoms with Crippen molar-refractivity contribution < 1.29 is 23.0 Å². The molecule has 0 radical (unpaired) electrons. The number of aliphatic imine (C=N–C) groups is 1. The van der Waals surface area contributed by atoms with Crippen LogP contribution < -0.4 is 15.4 Å². The topological polar surface area (TPSA) is 65.9 Å². The molecule has 3 N–H and O–H groups in total. The van der Waals surface area contributed by atoms with E-state index in [0.29, 0.717) is 36.8 Å². The summed E-state index contributed by atoms with van der Waals surface area (Å²) in [7, 11) is 1.51. The number of methoxy groups -OCH3 is 1. The van der Waals surface area contributed by atoms with Crippen LogP contribution in [0.1, 0.15) is 18.9 Å². The van der Waals surface area contributed by atoms with Crippen LogP contribution in [0.4, 0.5) is 13.2 Å². The van der Waals surface area contributed by atoms with Crippen LogP contribution in [0.25, 0.3) is 0 Å². The molecule has 1 rings (SSSR count). The van der Waals surface area contributed by atoms with Gasteiger partial charge in [0.15, 0.2) is 5.96 Å². The van der Waals surface area contributed by atoms with Gasteiger partial charge >= 0.3 is 6.18 Å². The van der Waals surface area contributed by atoms with Crippen LogP contribution in [0.15, 0.2) is 23.2 Å². The lowest BCUT2D eigenvalue weighted by Crippen LogP contribution is -2.38. The second kappa shape index (κ2) is 11.2. The average molecular weight is 461 g/mol. The summed E-state index contributed by atoms with van der Waals surface area (Å²) in [4.78, 5) is 3.87. The summed E-state index contributed by atoms with van der Waals surface area (Å²) in [5.74, 6) is 0.996. The molecule has 0 aliphatic heterocycles. The third-order valence-electron chi connectivity index (χ3n) is 2.99. The minimum absolute atomic E-state index is 0. The number of aromatic hydroxyl groups is 1. The molecule has 1 aromatic carbocycles. The molecule has 9 heteroatoms. The number of nitrogens with zero attached hydrogens (tertiary/aromatic N) is 1. The van der Waals surface area contributed by atoms with Gasteiger partial charge in [-0.2, -0.15) is 13.2 Å². The Balaban J connectivity index is 0.00000529. The second-order valence-electron chi connectivity index (χ2n) is 4.80. The van der Waals surface area contributed by atoms with Crippen LogP contribution in [0.3, 0.4) is 0 Å². The number of phenols is 1. The van der Waals surface area contributed by atoms with E-state index in [-0.39, 0.29) is 36.3 Å². The summed E-state index contributed by atoms with van der Waals surface area (Å²) in [6.45, 7) is 2.48. The van der Waals surface area contributed by atoms with E-state index in [0.717, 1.165) is 0 Å². The molecule has 138 valence electrons. The van der Waals surface area contributed by atoms with E-state index >= 15 is 0 Å². The van der Waals surface area contributed by atoms with Crippen molar-refractivity contribution in [3.8, 4) is 11.5 Å². The van der Waals surface area contributed by atoms with Gasteiger partial charge < -0.3 is 20.5 Å². The van der Waals surface area contributed by atoms with Gasteiger partial charge in [0.05, 0.1) is 20.1 Å². The Hall–Kier alpha value is -1.39. The maximum Gasteiger partial charge on any atom is 0.390 e. The van der Waals surface area contributed by atoms with E-state index in [2.05, 4.69) is 15.6 Å². The Morgan fingerprint density at radius 2 is 2.00 bits per heavy atom. The first-order valence-electron chi connectivity index (χ1n) is 7.30. The monoisotopic (exact) mass is 461 g/mol. The predicted octanol–water partition coefficient (Wildman–Crippen LogP) is 3.07. The number of hydrogen-bond acceptors (Lipinski definition) is 3. The molecular weight excluding hydrogens is 438 g/mol. The first-order chi connectivity index (χ1) is 10.9. The number of benzene rings is 1. The number of ether oxygens (including phenoxy) is 1. The van der Waals surface area contributed by atoms with Gasteiger partial charge in [-0.1, -0.05) is 6.07 Å². The summed E-state index contributed by atoms with van der Waals surface area (Å²) in [6, 6.07) is 4.99. The molecule has 5 nitrogen and oxygen atoms in total. The molecule has 0 saturated heterocycles. The number of alkyl halides is 3. The van der Waals surface area contributed by atoms with Crippen molar-refractivity contribution in [3.05, 3.63) is 23.8 Å². The van der Waals surface area contributed by atoms with Crippen molar-refractivity contribution in [2.45, 2.75) is 25.9 Å². The number of halogens is 4. The first kappa shape index (κ1) is 22.6. The molecule has 0 bridgehead atoms. The Morgan fingerprint density at radius 3 is 2.54 bits per heavy atom. The van der Waals surface area contributed by atoms with Crippen molar-refractivity contribution in [3.63, 3.8) is 0 Å². The molecule has 0 amide bonds. The van der Waals surface area contributed by atoms with Gasteiger partial charge in [0.1, 0.15) is 11.5 Å². The lowest BCUT2D eigenvalue weighted by atomic mass is 10.1. The molecule has 1 aromatic rings. The predicted molar refractivity (Wildman–Crippen MR) is 98.4 cm³/mol.